The molecule has 1 unspecified atom stereocenters. The van der Waals surface area contributed by atoms with Gasteiger partial charge in [-0.2, -0.15) is 0 Å². The number of nitrogens with zero attached hydrogens (tertiary/aromatic N) is 3. The van der Waals surface area contributed by atoms with Gasteiger partial charge < -0.3 is 5.11 Å². The number of benzene rings is 1. The Hall–Kier alpha value is -1.89. The normalized spacial score (nSPS) is 18.7. The van der Waals surface area contributed by atoms with E-state index in [9.17, 15) is 9.90 Å². The van der Waals surface area contributed by atoms with E-state index in [1.165, 1.54) is 0 Å². The number of fused-ring (bicyclic) bond motifs is 1. The number of imidazole rings is 1. The molecule has 1 aliphatic heterocycles. The number of hydrogen-bond acceptors (Lipinski definition) is 4. The van der Waals surface area contributed by atoms with Gasteiger partial charge in [0.15, 0.2) is 4.96 Å². The van der Waals surface area contributed by atoms with Crippen molar-refractivity contribution in [3.05, 3.63) is 46.6 Å². The first-order valence-electron chi connectivity index (χ1n) is 8.30. The van der Waals surface area contributed by atoms with E-state index in [2.05, 4.69) is 9.30 Å². The van der Waals surface area contributed by atoms with Gasteiger partial charge >= 0.3 is 5.97 Å². The molecule has 1 N–H and O–H groups in total. The number of halogens is 1. The quantitative estimate of drug-likeness (QED) is 0.744. The zero-order valence-corrected chi connectivity index (χ0v) is 15.1. The van der Waals surface area contributed by atoms with E-state index in [1.807, 2.05) is 35.8 Å². The Morgan fingerprint density at radius 1 is 1.32 bits per heavy atom. The molecule has 0 radical (unpaired) electrons. The minimum Gasteiger partial charge on any atom is -0.480 e. The highest BCUT2D eigenvalue weighted by atomic mass is 35.5. The van der Waals surface area contributed by atoms with Gasteiger partial charge in [-0.1, -0.05) is 30.2 Å². The SMILES string of the molecule is O=C(O)C1CCCCN1Cc1c(-c2ccc(Cl)cc2)nc2sccn12. The molecule has 3 heterocycles. The van der Waals surface area contributed by atoms with E-state index in [0.29, 0.717) is 18.0 Å². The number of carboxylic acid groups (broad SMARTS) is 1. The molecule has 0 saturated carbocycles. The third-order valence-corrected chi connectivity index (χ3v) is 5.74. The number of hydrogen-bond donors (Lipinski definition) is 1. The van der Waals surface area contributed by atoms with Gasteiger partial charge in [-0.15, -0.1) is 11.3 Å². The molecule has 2 aromatic heterocycles. The molecule has 25 heavy (non-hydrogen) atoms. The van der Waals surface area contributed by atoms with Crippen LogP contribution < -0.4 is 0 Å². The smallest absolute Gasteiger partial charge is 0.320 e. The first-order chi connectivity index (χ1) is 12.1. The van der Waals surface area contributed by atoms with Crippen molar-refractivity contribution in [1.29, 1.82) is 0 Å². The summed E-state index contributed by atoms with van der Waals surface area (Å²) in [5.41, 5.74) is 2.93. The molecule has 0 amide bonds. The fourth-order valence-corrected chi connectivity index (χ4v) is 4.33. The fourth-order valence-electron chi connectivity index (χ4n) is 3.47. The number of thiazole rings is 1. The number of rotatable bonds is 4. The largest absolute Gasteiger partial charge is 0.480 e. The lowest BCUT2D eigenvalue weighted by Crippen LogP contribution is -2.44. The van der Waals surface area contributed by atoms with Crippen LogP contribution in [0, 0.1) is 0 Å². The highest BCUT2D eigenvalue weighted by molar-refractivity contribution is 7.15. The van der Waals surface area contributed by atoms with Crippen molar-refractivity contribution in [3.63, 3.8) is 0 Å². The molecular formula is C18H18ClN3O2S. The number of piperidine rings is 1. The number of likely N-dealkylation sites (tertiary alicyclic amines) is 1. The summed E-state index contributed by atoms with van der Waals surface area (Å²) in [5, 5.41) is 12.2. The average Bonchev–Trinajstić information content (AvgIpc) is 3.19. The van der Waals surface area contributed by atoms with Gasteiger partial charge in [0.1, 0.15) is 6.04 Å². The van der Waals surface area contributed by atoms with Gasteiger partial charge in [-0.3, -0.25) is 14.1 Å². The van der Waals surface area contributed by atoms with Gasteiger partial charge in [-0.05, 0) is 31.5 Å². The maximum atomic E-state index is 11.6. The molecule has 1 aromatic carbocycles. The minimum atomic E-state index is -0.737. The molecule has 1 saturated heterocycles. The zero-order chi connectivity index (χ0) is 17.4. The molecule has 1 aliphatic rings. The molecule has 1 atom stereocenters. The van der Waals surface area contributed by atoms with E-state index in [0.717, 1.165) is 41.3 Å². The van der Waals surface area contributed by atoms with Gasteiger partial charge in [0.25, 0.3) is 0 Å². The van der Waals surface area contributed by atoms with Crippen LogP contribution in [-0.2, 0) is 11.3 Å². The summed E-state index contributed by atoms with van der Waals surface area (Å²) >= 11 is 7.59. The van der Waals surface area contributed by atoms with Crippen LogP contribution in [0.4, 0.5) is 0 Å². The second kappa shape index (κ2) is 6.78. The van der Waals surface area contributed by atoms with Crippen LogP contribution in [0.15, 0.2) is 35.8 Å². The van der Waals surface area contributed by atoms with E-state index in [4.69, 9.17) is 16.6 Å². The van der Waals surface area contributed by atoms with Gasteiger partial charge in [0.05, 0.1) is 11.4 Å². The Balaban J connectivity index is 1.75. The third kappa shape index (κ3) is 3.17. The molecule has 3 aromatic rings. The van der Waals surface area contributed by atoms with Crippen LogP contribution in [0.5, 0.6) is 0 Å². The lowest BCUT2D eigenvalue weighted by molar-refractivity contribution is -0.144. The second-order valence-corrected chi connectivity index (χ2v) is 7.60. The molecule has 4 rings (SSSR count). The van der Waals surface area contributed by atoms with Crippen molar-refractivity contribution >= 4 is 33.9 Å². The van der Waals surface area contributed by atoms with Gasteiger partial charge in [0.2, 0.25) is 0 Å². The van der Waals surface area contributed by atoms with E-state index < -0.39 is 12.0 Å². The summed E-state index contributed by atoms with van der Waals surface area (Å²) in [6.07, 6.45) is 4.71. The van der Waals surface area contributed by atoms with Crippen molar-refractivity contribution < 1.29 is 9.90 Å². The molecule has 0 spiro atoms. The van der Waals surface area contributed by atoms with Crippen molar-refractivity contribution in [2.45, 2.75) is 31.8 Å². The average molecular weight is 376 g/mol. The Morgan fingerprint density at radius 2 is 2.12 bits per heavy atom. The summed E-state index contributed by atoms with van der Waals surface area (Å²) in [5.74, 6) is -0.737. The van der Waals surface area contributed by atoms with E-state index in [-0.39, 0.29) is 0 Å². The molecular weight excluding hydrogens is 358 g/mol. The monoisotopic (exact) mass is 375 g/mol. The number of aromatic nitrogens is 2. The summed E-state index contributed by atoms with van der Waals surface area (Å²) in [7, 11) is 0. The number of aliphatic carboxylic acids is 1. The van der Waals surface area contributed by atoms with Crippen molar-refractivity contribution in [2.75, 3.05) is 6.54 Å². The van der Waals surface area contributed by atoms with Gasteiger partial charge in [0, 0.05) is 28.7 Å². The van der Waals surface area contributed by atoms with Crippen molar-refractivity contribution in [1.82, 2.24) is 14.3 Å². The maximum Gasteiger partial charge on any atom is 0.320 e. The van der Waals surface area contributed by atoms with Crippen LogP contribution in [0.25, 0.3) is 16.2 Å². The highest BCUT2D eigenvalue weighted by Crippen LogP contribution is 2.30. The fraction of sp³-hybridized carbons (Fsp3) is 0.333. The molecule has 7 heteroatoms. The van der Waals surface area contributed by atoms with E-state index >= 15 is 0 Å². The molecule has 0 bridgehead atoms. The lowest BCUT2D eigenvalue weighted by Gasteiger charge is -2.32. The number of carboxylic acids is 1. The molecule has 130 valence electrons. The lowest BCUT2D eigenvalue weighted by atomic mass is 10.0. The predicted molar refractivity (Wildman–Crippen MR) is 99.2 cm³/mol. The maximum absolute atomic E-state index is 11.6. The van der Waals surface area contributed by atoms with Gasteiger partial charge in [-0.25, -0.2) is 4.98 Å². The summed E-state index contributed by atoms with van der Waals surface area (Å²) < 4.78 is 2.07. The standard InChI is InChI=1S/C18H18ClN3O2S/c19-13-6-4-12(5-7-13)16-15(22-9-10-25-18(22)20-16)11-21-8-2-1-3-14(21)17(23)24/h4-7,9-10,14H,1-3,8,11H2,(H,23,24). The minimum absolute atomic E-state index is 0.420. The summed E-state index contributed by atoms with van der Waals surface area (Å²) in [4.78, 5) is 19.4. The molecule has 0 aliphatic carbocycles. The first kappa shape index (κ1) is 16.6. The highest BCUT2D eigenvalue weighted by Gasteiger charge is 2.30. The van der Waals surface area contributed by atoms with Crippen LogP contribution in [-0.4, -0.2) is 37.9 Å². The van der Waals surface area contributed by atoms with Crippen molar-refractivity contribution in [3.8, 4) is 11.3 Å². The van der Waals surface area contributed by atoms with E-state index in [1.54, 1.807) is 11.3 Å². The first-order valence-corrected chi connectivity index (χ1v) is 9.56. The predicted octanol–water partition coefficient (Wildman–Crippen LogP) is 4.16. The Bertz CT molecular complexity index is 903. The van der Waals surface area contributed by atoms with Crippen LogP contribution in [0.3, 0.4) is 0 Å². The summed E-state index contributed by atoms with van der Waals surface area (Å²) in [6.45, 7) is 1.38. The molecule has 5 nitrogen and oxygen atoms in total. The Morgan fingerprint density at radius 3 is 2.88 bits per heavy atom. The number of carbonyl (C=O) groups is 1. The topological polar surface area (TPSA) is 57.8 Å². The molecule has 1 fully saturated rings. The Labute approximate surface area is 154 Å². The third-order valence-electron chi connectivity index (χ3n) is 4.73. The van der Waals surface area contributed by atoms with Crippen LogP contribution >= 0.6 is 22.9 Å². The summed E-state index contributed by atoms with van der Waals surface area (Å²) in [6, 6.07) is 7.21. The van der Waals surface area contributed by atoms with Crippen LogP contribution in [0.1, 0.15) is 25.0 Å². The zero-order valence-electron chi connectivity index (χ0n) is 13.6. The van der Waals surface area contributed by atoms with Crippen molar-refractivity contribution in [2.24, 2.45) is 0 Å². The Kier molecular flexibility index (Phi) is 4.50. The van der Waals surface area contributed by atoms with Crippen LogP contribution in [0.2, 0.25) is 5.02 Å². The second-order valence-electron chi connectivity index (χ2n) is 6.29.